The molecule has 1 atom stereocenters. The lowest BCUT2D eigenvalue weighted by Crippen LogP contribution is -2.78. The number of nitrogens with zero attached hydrogens (tertiary/aromatic N) is 2. The molecule has 0 fully saturated rings. The molecule has 0 amide bonds. The van der Waals surface area contributed by atoms with E-state index in [9.17, 15) is 0 Å². The number of pyridine rings is 2. The van der Waals surface area contributed by atoms with Crippen molar-refractivity contribution in [2.45, 2.75) is 64.0 Å². The van der Waals surface area contributed by atoms with Gasteiger partial charge in [0.05, 0.1) is 16.5 Å². The van der Waals surface area contributed by atoms with E-state index in [2.05, 4.69) is 133 Å². The molecule has 38 heavy (non-hydrogen) atoms. The summed E-state index contributed by atoms with van der Waals surface area (Å²) in [6.45, 7) is 7.05. The van der Waals surface area contributed by atoms with Crippen LogP contribution >= 0.6 is 0 Å². The average molecular weight is 497 g/mol. The van der Waals surface area contributed by atoms with Crippen molar-refractivity contribution in [3.8, 4) is 22.5 Å². The fraction of sp³-hybridized carbons (Fsp3) is 0.278. The van der Waals surface area contributed by atoms with E-state index in [-0.39, 0.29) is 11.1 Å². The fourth-order valence-electron chi connectivity index (χ4n) is 7.88. The lowest BCUT2D eigenvalue weighted by molar-refractivity contribution is -0.856. The van der Waals surface area contributed by atoms with Crippen LogP contribution in [0.15, 0.2) is 103 Å². The minimum atomic E-state index is -0.341. The van der Waals surface area contributed by atoms with Crippen molar-refractivity contribution in [1.29, 1.82) is 0 Å². The van der Waals surface area contributed by atoms with E-state index in [1.165, 1.54) is 62.8 Å². The van der Waals surface area contributed by atoms with E-state index < -0.39 is 0 Å². The number of unbranched alkanes of at least 4 members (excludes halogenated alkanes) is 1. The Morgan fingerprint density at radius 1 is 0.658 bits per heavy atom. The van der Waals surface area contributed by atoms with Gasteiger partial charge < -0.3 is 0 Å². The van der Waals surface area contributed by atoms with Crippen LogP contribution in [0.4, 0.5) is 0 Å². The van der Waals surface area contributed by atoms with Gasteiger partial charge in [-0.3, -0.25) is 0 Å². The van der Waals surface area contributed by atoms with Crippen LogP contribution in [0.2, 0.25) is 0 Å². The molecule has 3 aromatic carbocycles. The molecule has 2 nitrogen and oxygen atoms in total. The number of hydrogen-bond donors (Lipinski definition) is 0. The molecule has 0 saturated carbocycles. The molecular formula is C36H36N2+2. The first-order valence-corrected chi connectivity index (χ1v) is 14.4. The molecule has 2 aliphatic heterocycles. The summed E-state index contributed by atoms with van der Waals surface area (Å²) in [7, 11) is 0. The predicted octanol–water partition coefficient (Wildman–Crippen LogP) is 7.73. The number of fused-ring (bicyclic) bond motifs is 11. The quantitative estimate of drug-likeness (QED) is 0.220. The van der Waals surface area contributed by atoms with Crippen LogP contribution in [0, 0.1) is 0 Å². The van der Waals surface area contributed by atoms with Gasteiger partial charge in [0.1, 0.15) is 0 Å². The lowest BCUT2D eigenvalue weighted by atomic mass is 9.61. The molecule has 0 N–H and O–H groups in total. The molecule has 4 heterocycles. The molecule has 0 saturated heterocycles. The van der Waals surface area contributed by atoms with Crippen molar-refractivity contribution >= 4 is 10.8 Å². The first-order chi connectivity index (χ1) is 18.7. The Labute approximate surface area is 226 Å². The predicted molar refractivity (Wildman–Crippen MR) is 155 cm³/mol. The van der Waals surface area contributed by atoms with Gasteiger partial charge in [0.15, 0.2) is 12.4 Å². The third kappa shape index (κ3) is 2.78. The SMILES string of the molecule is CCCCc1ccc2c3[n+](ccc2c1)C(CC)(CC)C1(c2ccccc2-3)c2ccccc2-c2cccc[n+]21. The van der Waals surface area contributed by atoms with Crippen LogP contribution in [-0.2, 0) is 17.5 Å². The first-order valence-electron chi connectivity index (χ1n) is 14.4. The van der Waals surface area contributed by atoms with Crippen LogP contribution in [-0.4, -0.2) is 0 Å². The Morgan fingerprint density at radius 2 is 1.37 bits per heavy atom. The second-order valence-corrected chi connectivity index (χ2v) is 11.1. The molecule has 5 aromatic rings. The molecule has 2 aromatic heterocycles. The molecular weight excluding hydrogens is 460 g/mol. The summed E-state index contributed by atoms with van der Waals surface area (Å²) in [5.74, 6) is 0. The minimum absolute atomic E-state index is 0.181. The molecule has 1 unspecified atom stereocenters. The van der Waals surface area contributed by atoms with Gasteiger partial charge in [-0.1, -0.05) is 75.7 Å². The van der Waals surface area contributed by atoms with Gasteiger partial charge in [-0.2, -0.15) is 9.13 Å². The lowest BCUT2D eigenvalue weighted by Gasteiger charge is -2.44. The van der Waals surface area contributed by atoms with E-state index in [4.69, 9.17) is 0 Å². The second-order valence-electron chi connectivity index (χ2n) is 11.1. The molecule has 2 heteroatoms. The highest BCUT2D eigenvalue weighted by Gasteiger charge is 2.73. The zero-order valence-corrected chi connectivity index (χ0v) is 22.7. The molecule has 0 bridgehead atoms. The number of benzene rings is 3. The van der Waals surface area contributed by atoms with Gasteiger partial charge in [-0.15, -0.1) is 0 Å². The summed E-state index contributed by atoms with van der Waals surface area (Å²) >= 11 is 0. The summed E-state index contributed by atoms with van der Waals surface area (Å²) in [6.07, 6.45) is 10.4. The molecule has 0 aliphatic carbocycles. The van der Waals surface area contributed by atoms with Gasteiger partial charge in [0, 0.05) is 42.2 Å². The van der Waals surface area contributed by atoms with Crippen molar-refractivity contribution in [3.63, 3.8) is 0 Å². The Bertz CT molecular complexity index is 1650. The van der Waals surface area contributed by atoms with E-state index in [0.29, 0.717) is 0 Å². The number of aryl methyl sites for hydroxylation is 1. The Morgan fingerprint density at radius 3 is 2.13 bits per heavy atom. The molecule has 7 rings (SSSR count). The average Bonchev–Trinajstić information content (AvgIpc) is 3.28. The monoisotopic (exact) mass is 496 g/mol. The Balaban J connectivity index is 1.63. The fourth-order valence-corrected chi connectivity index (χ4v) is 7.88. The summed E-state index contributed by atoms with van der Waals surface area (Å²) in [5.41, 5.74) is 9.09. The molecule has 188 valence electrons. The normalized spacial score (nSPS) is 18.2. The summed E-state index contributed by atoms with van der Waals surface area (Å²) in [5, 5.41) is 2.70. The third-order valence-corrected chi connectivity index (χ3v) is 9.52. The second kappa shape index (κ2) is 8.63. The third-order valence-electron chi connectivity index (χ3n) is 9.52. The van der Waals surface area contributed by atoms with Crippen molar-refractivity contribution in [1.82, 2.24) is 0 Å². The highest BCUT2D eigenvalue weighted by Crippen LogP contribution is 2.56. The molecule has 0 radical (unpaired) electrons. The van der Waals surface area contributed by atoms with Crippen molar-refractivity contribution in [2.24, 2.45) is 0 Å². The van der Waals surface area contributed by atoms with Crippen LogP contribution in [0.5, 0.6) is 0 Å². The van der Waals surface area contributed by atoms with Gasteiger partial charge in [-0.05, 0) is 48.1 Å². The first kappa shape index (κ1) is 23.3. The summed E-state index contributed by atoms with van der Waals surface area (Å²) in [4.78, 5) is 0. The zero-order chi connectivity index (χ0) is 25.9. The van der Waals surface area contributed by atoms with Gasteiger partial charge in [-0.25, -0.2) is 0 Å². The maximum absolute atomic E-state index is 2.66. The van der Waals surface area contributed by atoms with Crippen molar-refractivity contribution in [2.75, 3.05) is 0 Å². The van der Waals surface area contributed by atoms with Crippen LogP contribution < -0.4 is 9.13 Å². The zero-order valence-electron chi connectivity index (χ0n) is 22.7. The smallest absolute Gasteiger partial charge is 0.184 e. The number of aromatic nitrogens is 2. The molecule has 2 aliphatic rings. The largest absolute Gasteiger partial charge is 0.284 e. The molecule has 1 spiro atoms. The Kier molecular flexibility index (Phi) is 5.30. The van der Waals surface area contributed by atoms with Crippen LogP contribution in [0.25, 0.3) is 33.3 Å². The summed E-state index contributed by atoms with van der Waals surface area (Å²) < 4.78 is 5.26. The van der Waals surface area contributed by atoms with E-state index >= 15 is 0 Å². The van der Waals surface area contributed by atoms with Gasteiger partial charge >= 0.3 is 0 Å². The number of rotatable bonds is 5. The van der Waals surface area contributed by atoms with Crippen LogP contribution in [0.3, 0.4) is 0 Å². The topological polar surface area (TPSA) is 7.76 Å². The van der Waals surface area contributed by atoms with Gasteiger partial charge in [0.25, 0.3) is 5.54 Å². The highest BCUT2D eigenvalue weighted by atomic mass is 15.2. The van der Waals surface area contributed by atoms with Crippen molar-refractivity contribution < 1.29 is 9.13 Å². The van der Waals surface area contributed by atoms with E-state index in [1.54, 1.807) is 0 Å². The Hall–Kier alpha value is -3.78. The highest BCUT2D eigenvalue weighted by molar-refractivity contribution is 5.95. The maximum atomic E-state index is 2.66. The van der Waals surface area contributed by atoms with Crippen molar-refractivity contribution in [3.05, 3.63) is 120 Å². The standard InChI is InChI=1S/C36H36N2/c1-4-7-14-26-20-21-28-27(25-26)22-24-38-34(28)30-16-9-11-18-32(30)36(35(38,5-2)6-3)31-17-10-8-15-29(31)33-19-12-13-23-37(33)36/h8-13,15-25H,4-7,14H2,1-3H3/q+2. The minimum Gasteiger partial charge on any atom is -0.184 e. The van der Waals surface area contributed by atoms with Crippen LogP contribution in [0.1, 0.15) is 63.1 Å². The van der Waals surface area contributed by atoms with E-state index in [0.717, 1.165) is 19.3 Å². The van der Waals surface area contributed by atoms with E-state index in [1.807, 2.05) is 0 Å². The summed E-state index contributed by atoms with van der Waals surface area (Å²) in [6, 6.07) is 34.5. The van der Waals surface area contributed by atoms with Gasteiger partial charge in [0.2, 0.25) is 16.9 Å². The number of hydrogen-bond acceptors (Lipinski definition) is 0. The maximum Gasteiger partial charge on any atom is 0.284 e.